The van der Waals surface area contributed by atoms with Crippen molar-refractivity contribution in [2.45, 2.75) is 214 Å². The van der Waals surface area contributed by atoms with Crippen LogP contribution in [-0.2, 0) is 37.9 Å². The molecule has 396 valence electrons. The van der Waals surface area contributed by atoms with Gasteiger partial charge in [-0.3, -0.25) is 0 Å². The Balaban J connectivity index is 1.11. The van der Waals surface area contributed by atoms with Crippen LogP contribution >= 0.6 is 0 Å². The van der Waals surface area contributed by atoms with Gasteiger partial charge in [0.05, 0.1) is 39.6 Å². The maximum absolute atomic E-state index is 10.8. The third kappa shape index (κ3) is 19.8. The summed E-state index contributed by atoms with van der Waals surface area (Å²) in [6, 6.07) is 0. The van der Waals surface area contributed by atoms with E-state index in [1.165, 1.54) is 64.2 Å². The Kier molecular flexibility index (Phi) is 30.2. The van der Waals surface area contributed by atoms with Gasteiger partial charge < -0.3 is 109 Å². The fourth-order valence-corrected chi connectivity index (χ4v) is 8.33. The third-order valence-electron chi connectivity index (χ3n) is 12.4. The van der Waals surface area contributed by atoms with Crippen LogP contribution < -0.4 is 0 Å². The van der Waals surface area contributed by atoms with Crippen molar-refractivity contribution in [3.05, 3.63) is 11.7 Å². The Bertz CT molecular complexity index is 1280. The highest BCUT2D eigenvalue weighted by atomic mass is 16.7. The fourth-order valence-electron chi connectivity index (χ4n) is 8.33. The molecule has 67 heavy (non-hydrogen) atoms. The highest BCUT2D eigenvalue weighted by Crippen LogP contribution is 2.31. The van der Waals surface area contributed by atoms with Gasteiger partial charge in [-0.2, -0.15) is 0 Å². The Morgan fingerprint density at radius 3 is 1.40 bits per heavy atom. The van der Waals surface area contributed by atoms with Crippen LogP contribution in [0.25, 0.3) is 0 Å². The minimum atomic E-state index is -1.76. The second-order valence-corrected chi connectivity index (χ2v) is 17.7. The van der Waals surface area contributed by atoms with E-state index in [1.54, 1.807) is 0 Å². The van der Waals surface area contributed by atoms with E-state index in [0.29, 0.717) is 6.61 Å². The van der Waals surface area contributed by atoms with Crippen LogP contribution in [0.15, 0.2) is 11.7 Å². The van der Waals surface area contributed by atoms with Crippen molar-refractivity contribution in [3.8, 4) is 0 Å². The first-order valence-corrected chi connectivity index (χ1v) is 24.4. The molecule has 14 N–H and O–H groups in total. The molecule has 22 nitrogen and oxygen atoms in total. The van der Waals surface area contributed by atoms with E-state index in [-0.39, 0.29) is 19.8 Å². The Labute approximate surface area is 393 Å². The molecule has 0 aromatic carbocycles. The number of aliphatic hydroxyl groups excluding tert-OH is 14. The first kappa shape index (κ1) is 59.7. The fraction of sp³-hybridized carbons (Fsp3) is 0.956. The van der Waals surface area contributed by atoms with Gasteiger partial charge >= 0.3 is 5.95 Å². The highest BCUT2D eigenvalue weighted by Gasteiger charge is 2.51. The van der Waals surface area contributed by atoms with Crippen LogP contribution in [0.5, 0.6) is 0 Å². The third-order valence-corrected chi connectivity index (χ3v) is 12.4. The first-order valence-electron chi connectivity index (χ1n) is 24.4. The summed E-state index contributed by atoms with van der Waals surface area (Å²) >= 11 is 0. The summed E-state index contributed by atoms with van der Waals surface area (Å²) in [6.07, 6.45) is -3.00. The minimum absolute atomic E-state index is 0.0320. The van der Waals surface area contributed by atoms with Gasteiger partial charge in [-0.1, -0.05) is 103 Å². The molecule has 3 aliphatic rings. The molecule has 9 unspecified atom stereocenters. The smallest absolute Gasteiger partial charge is 0.322 e. The highest BCUT2D eigenvalue weighted by molar-refractivity contribution is 5.03. The SMILES string of the molecule is OCCO/C(OC1C(CO)O[C@H](COCCCCCCCCCCCCCCCCCCCCO[C@@H]2OC(CO)C(O[C@H]3OC(CO)C(O)[C@@H](O)C3O)[C@@H](O)C2O)C(O)[C@H]1O)=C(/O)[C@@H](O)CO. The Morgan fingerprint density at radius 2 is 0.896 bits per heavy atom. The average Bonchev–Trinajstić information content (AvgIpc) is 3.33. The van der Waals surface area contributed by atoms with E-state index >= 15 is 0 Å². The van der Waals surface area contributed by atoms with Crippen molar-refractivity contribution in [2.24, 2.45) is 0 Å². The Morgan fingerprint density at radius 1 is 0.448 bits per heavy atom. The van der Waals surface area contributed by atoms with Crippen LogP contribution in [0.1, 0.15) is 116 Å². The lowest BCUT2D eigenvalue weighted by molar-refractivity contribution is -0.359. The molecule has 0 amide bonds. The topological polar surface area (TPSA) is 357 Å². The number of ether oxygens (including phenoxy) is 8. The van der Waals surface area contributed by atoms with Crippen molar-refractivity contribution in [1.82, 2.24) is 0 Å². The molecule has 0 radical (unpaired) electrons. The number of aliphatic hydroxyl groups is 14. The molecule has 0 saturated carbocycles. The quantitative estimate of drug-likeness (QED) is 0.0254. The lowest BCUT2D eigenvalue weighted by Crippen LogP contribution is -2.64. The molecule has 0 aromatic heterocycles. The summed E-state index contributed by atoms with van der Waals surface area (Å²) in [5.41, 5.74) is 0. The molecule has 0 spiro atoms. The lowest BCUT2D eigenvalue weighted by Gasteiger charge is -2.45. The van der Waals surface area contributed by atoms with Gasteiger partial charge in [-0.05, 0) is 12.8 Å². The van der Waals surface area contributed by atoms with Gasteiger partial charge in [0, 0.05) is 13.2 Å². The second kappa shape index (κ2) is 33.9. The van der Waals surface area contributed by atoms with Gasteiger partial charge in [0.1, 0.15) is 86.0 Å². The predicted molar refractivity (Wildman–Crippen MR) is 235 cm³/mol. The average molecular weight is 977 g/mol. The summed E-state index contributed by atoms with van der Waals surface area (Å²) in [4.78, 5) is 0. The van der Waals surface area contributed by atoms with E-state index in [9.17, 15) is 61.3 Å². The van der Waals surface area contributed by atoms with E-state index in [0.717, 1.165) is 51.4 Å². The summed E-state index contributed by atoms with van der Waals surface area (Å²) in [6.45, 7) is -2.90. The first-order chi connectivity index (χ1) is 32.3. The summed E-state index contributed by atoms with van der Waals surface area (Å²) in [5.74, 6) is -1.58. The van der Waals surface area contributed by atoms with Crippen molar-refractivity contribution >= 4 is 0 Å². The zero-order valence-electron chi connectivity index (χ0n) is 38.9. The predicted octanol–water partition coefficient (Wildman–Crippen LogP) is -1.38. The van der Waals surface area contributed by atoms with Crippen LogP contribution in [0.2, 0.25) is 0 Å². The van der Waals surface area contributed by atoms with Crippen molar-refractivity contribution < 1.29 is 109 Å². The molecule has 0 aromatic rings. The maximum atomic E-state index is 10.8. The van der Waals surface area contributed by atoms with Gasteiger partial charge in [-0.25, -0.2) is 0 Å². The summed E-state index contributed by atoms with van der Waals surface area (Å²) in [5, 5.41) is 140. The molecule has 3 rings (SSSR count). The normalized spacial score (nSPS) is 33.4. The van der Waals surface area contributed by atoms with Crippen molar-refractivity contribution in [2.75, 3.05) is 59.5 Å². The monoisotopic (exact) mass is 977 g/mol. The van der Waals surface area contributed by atoms with Crippen LogP contribution in [0.3, 0.4) is 0 Å². The van der Waals surface area contributed by atoms with Crippen LogP contribution in [0.4, 0.5) is 0 Å². The van der Waals surface area contributed by atoms with E-state index < -0.39 is 143 Å². The largest absolute Gasteiger partial charge is 0.504 e. The number of hydrogen-bond donors (Lipinski definition) is 14. The molecular weight excluding hydrogens is 892 g/mol. The molecule has 3 heterocycles. The number of unbranched alkanes of at least 4 members (excludes halogenated alkanes) is 17. The number of rotatable bonds is 36. The van der Waals surface area contributed by atoms with E-state index in [2.05, 4.69) is 0 Å². The van der Waals surface area contributed by atoms with E-state index in [4.69, 9.17) is 48.1 Å². The molecule has 3 saturated heterocycles. The zero-order valence-corrected chi connectivity index (χ0v) is 38.9. The minimum Gasteiger partial charge on any atom is -0.504 e. The van der Waals surface area contributed by atoms with Crippen molar-refractivity contribution in [1.29, 1.82) is 0 Å². The zero-order chi connectivity index (χ0) is 49.1. The summed E-state index contributed by atoms with van der Waals surface area (Å²) in [7, 11) is 0. The van der Waals surface area contributed by atoms with E-state index in [1.807, 2.05) is 0 Å². The Hall–Kier alpha value is -1.62. The molecule has 0 aliphatic carbocycles. The van der Waals surface area contributed by atoms with Gasteiger partial charge in [0.25, 0.3) is 0 Å². The van der Waals surface area contributed by atoms with Crippen LogP contribution in [-0.4, -0.2) is 229 Å². The molecule has 0 bridgehead atoms. The number of hydrogen-bond acceptors (Lipinski definition) is 22. The summed E-state index contributed by atoms with van der Waals surface area (Å²) < 4.78 is 44.2. The van der Waals surface area contributed by atoms with Crippen LogP contribution in [0, 0.1) is 0 Å². The van der Waals surface area contributed by atoms with Gasteiger partial charge in [0.2, 0.25) is 5.76 Å². The standard InChI is InChI=1S/C45H84O22/c46-19-22-62-43(33(52)28(51)23-47)66-41-30(25-49)63-32(35(54)37(41)56)27-60-20-17-15-13-11-9-7-5-3-1-2-4-6-8-10-12-14-16-18-21-61-44-40(59)38(57)42(31(26-50)65-44)67-45-39(58)36(55)34(53)29(24-48)64-45/h28-32,34-42,44-59H,1-27H2/b43-33-/t28-,29?,30?,31?,32+,34?,35?,36+,37+,38-,39?,40?,41?,42?,44+,45+/m0/s1. The van der Waals surface area contributed by atoms with Gasteiger partial charge in [-0.15, -0.1) is 0 Å². The molecule has 16 atom stereocenters. The molecule has 22 heteroatoms. The molecule has 3 fully saturated rings. The lowest BCUT2D eigenvalue weighted by atomic mass is 9.95. The maximum Gasteiger partial charge on any atom is 0.322 e. The van der Waals surface area contributed by atoms with Crippen molar-refractivity contribution in [3.63, 3.8) is 0 Å². The van der Waals surface area contributed by atoms with Gasteiger partial charge in [0.15, 0.2) is 18.7 Å². The second-order valence-electron chi connectivity index (χ2n) is 17.7. The molecular formula is C45H84O22. The molecule has 3 aliphatic heterocycles.